The fourth-order valence-electron chi connectivity index (χ4n) is 4.11. The second-order valence-corrected chi connectivity index (χ2v) is 7.55. The van der Waals surface area contributed by atoms with E-state index in [-0.39, 0.29) is 0 Å². The summed E-state index contributed by atoms with van der Waals surface area (Å²) in [7, 11) is 0. The van der Waals surface area contributed by atoms with Gasteiger partial charge in [-0.25, -0.2) is 0 Å². The van der Waals surface area contributed by atoms with Crippen LogP contribution in [0.15, 0.2) is 79.1 Å². The maximum Gasteiger partial charge on any atom is 0.0738 e. The van der Waals surface area contributed by atoms with Crippen LogP contribution in [0.3, 0.4) is 0 Å². The fraction of sp³-hybridized carbons (Fsp3) is 0.292. The quantitative estimate of drug-likeness (QED) is 0.699. The first-order chi connectivity index (χ1) is 13.8. The monoisotopic (exact) mass is 372 g/mol. The zero-order valence-corrected chi connectivity index (χ0v) is 16.2. The van der Waals surface area contributed by atoms with Crippen LogP contribution in [-0.4, -0.2) is 29.0 Å². The Bertz CT molecular complexity index is 825. The van der Waals surface area contributed by atoms with E-state index in [1.807, 2.05) is 12.3 Å². The predicted octanol–water partition coefficient (Wildman–Crippen LogP) is 4.34. The van der Waals surface area contributed by atoms with E-state index in [0.29, 0.717) is 6.04 Å². The predicted molar refractivity (Wildman–Crippen MR) is 116 cm³/mol. The second kappa shape index (κ2) is 8.89. The number of piperidine rings is 1. The number of hydrogen-bond acceptors (Lipinski definition) is 4. The highest BCUT2D eigenvalue weighted by molar-refractivity contribution is 5.66. The Balaban J connectivity index is 1.55. The lowest BCUT2D eigenvalue weighted by atomic mass is 10.0. The third-order valence-corrected chi connectivity index (χ3v) is 5.54. The van der Waals surface area contributed by atoms with Crippen LogP contribution >= 0.6 is 0 Å². The van der Waals surface area contributed by atoms with Crippen molar-refractivity contribution in [2.75, 3.05) is 23.7 Å². The number of benzene rings is 2. The number of pyridine rings is 1. The van der Waals surface area contributed by atoms with Crippen molar-refractivity contribution in [1.29, 1.82) is 0 Å². The molecule has 144 valence electrons. The normalized spacial score (nSPS) is 17.0. The molecular weight excluding hydrogens is 344 g/mol. The SMILES string of the molecule is Nc1cnccc1N1CCCC(N(Cc2ccccc2)Cc2ccccc2)C1. The summed E-state index contributed by atoms with van der Waals surface area (Å²) in [5, 5.41) is 0. The van der Waals surface area contributed by atoms with E-state index >= 15 is 0 Å². The van der Waals surface area contributed by atoms with E-state index in [1.54, 1.807) is 6.20 Å². The third kappa shape index (κ3) is 4.52. The lowest BCUT2D eigenvalue weighted by Gasteiger charge is -2.41. The van der Waals surface area contributed by atoms with Gasteiger partial charge in [-0.15, -0.1) is 0 Å². The van der Waals surface area contributed by atoms with Crippen LogP contribution in [0.4, 0.5) is 11.4 Å². The van der Waals surface area contributed by atoms with Crippen LogP contribution in [-0.2, 0) is 13.1 Å². The summed E-state index contributed by atoms with van der Waals surface area (Å²) in [6.07, 6.45) is 5.97. The van der Waals surface area contributed by atoms with Crippen molar-refractivity contribution in [1.82, 2.24) is 9.88 Å². The Hall–Kier alpha value is -2.85. The van der Waals surface area contributed by atoms with E-state index in [9.17, 15) is 0 Å². The molecule has 0 spiro atoms. The van der Waals surface area contributed by atoms with Gasteiger partial charge in [0.15, 0.2) is 0 Å². The van der Waals surface area contributed by atoms with Crippen molar-refractivity contribution in [3.8, 4) is 0 Å². The number of rotatable bonds is 6. The molecule has 2 aromatic carbocycles. The van der Waals surface area contributed by atoms with E-state index in [0.717, 1.165) is 37.6 Å². The first-order valence-electron chi connectivity index (χ1n) is 10.1. The molecule has 0 aliphatic carbocycles. The standard InChI is InChI=1S/C24H28N4/c25-23-16-26-14-13-24(23)27-15-7-12-22(19-27)28(17-20-8-3-1-4-9-20)18-21-10-5-2-6-11-21/h1-6,8-11,13-14,16,22H,7,12,15,17-19,25H2. The molecule has 3 aromatic rings. The molecule has 1 saturated heterocycles. The van der Waals surface area contributed by atoms with Crippen LogP contribution in [0.1, 0.15) is 24.0 Å². The summed E-state index contributed by atoms with van der Waals surface area (Å²) >= 11 is 0. The first kappa shape index (κ1) is 18.5. The number of nitrogen functional groups attached to an aromatic ring is 1. The Morgan fingerprint density at radius 1 is 0.929 bits per heavy atom. The molecule has 4 nitrogen and oxygen atoms in total. The van der Waals surface area contributed by atoms with E-state index in [1.165, 1.54) is 24.0 Å². The highest BCUT2D eigenvalue weighted by Crippen LogP contribution is 2.28. The summed E-state index contributed by atoms with van der Waals surface area (Å²) in [6.45, 7) is 3.96. The van der Waals surface area contributed by atoms with Crippen molar-refractivity contribution in [2.24, 2.45) is 0 Å². The summed E-state index contributed by atoms with van der Waals surface area (Å²) in [6, 6.07) is 24.1. The summed E-state index contributed by atoms with van der Waals surface area (Å²) in [5.41, 5.74) is 10.8. The molecule has 2 N–H and O–H groups in total. The van der Waals surface area contributed by atoms with Gasteiger partial charge in [0.25, 0.3) is 0 Å². The molecule has 1 aliphatic heterocycles. The number of hydrogen-bond donors (Lipinski definition) is 1. The molecule has 0 bridgehead atoms. The van der Waals surface area contributed by atoms with Gasteiger partial charge in [-0.1, -0.05) is 60.7 Å². The molecule has 4 heteroatoms. The Labute approximate surface area is 167 Å². The highest BCUT2D eigenvalue weighted by Gasteiger charge is 2.26. The van der Waals surface area contributed by atoms with E-state index in [2.05, 4.69) is 75.4 Å². The van der Waals surface area contributed by atoms with Gasteiger partial charge >= 0.3 is 0 Å². The van der Waals surface area contributed by atoms with Crippen LogP contribution in [0.5, 0.6) is 0 Å². The summed E-state index contributed by atoms with van der Waals surface area (Å²) in [5.74, 6) is 0. The zero-order chi connectivity index (χ0) is 19.2. The zero-order valence-electron chi connectivity index (χ0n) is 16.2. The van der Waals surface area contributed by atoms with Gasteiger partial charge in [-0.05, 0) is 30.0 Å². The molecule has 0 amide bonds. The molecule has 0 saturated carbocycles. The largest absolute Gasteiger partial charge is 0.396 e. The molecule has 1 aliphatic rings. The molecule has 2 heterocycles. The minimum absolute atomic E-state index is 0.488. The smallest absolute Gasteiger partial charge is 0.0738 e. The van der Waals surface area contributed by atoms with Gasteiger partial charge in [-0.2, -0.15) is 0 Å². The van der Waals surface area contributed by atoms with Crippen molar-refractivity contribution in [3.05, 3.63) is 90.3 Å². The first-order valence-corrected chi connectivity index (χ1v) is 10.1. The van der Waals surface area contributed by atoms with Gasteiger partial charge in [0.1, 0.15) is 0 Å². The Morgan fingerprint density at radius 3 is 2.18 bits per heavy atom. The average Bonchev–Trinajstić information content (AvgIpc) is 2.75. The topological polar surface area (TPSA) is 45.4 Å². The van der Waals surface area contributed by atoms with Gasteiger partial charge < -0.3 is 10.6 Å². The van der Waals surface area contributed by atoms with Gasteiger partial charge in [0, 0.05) is 38.4 Å². The van der Waals surface area contributed by atoms with Crippen LogP contribution in [0.2, 0.25) is 0 Å². The third-order valence-electron chi connectivity index (χ3n) is 5.54. The average molecular weight is 373 g/mol. The fourth-order valence-corrected chi connectivity index (χ4v) is 4.11. The molecule has 28 heavy (non-hydrogen) atoms. The summed E-state index contributed by atoms with van der Waals surface area (Å²) in [4.78, 5) is 9.19. The van der Waals surface area contributed by atoms with E-state index in [4.69, 9.17) is 5.73 Å². The lowest BCUT2D eigenvalue weighted by Crippen LogP contribution is -2.47. The molecule has 0 radical (unpaired) electrons. The Kier molecular flexibility index (Phi) is 5.88. The minimum Gasteiger partial charge on any atom is -0.396 e. The van der Waals surface area contributed by atoms with Crippen LogP contribution < -0.4 is 10.6 Å². The minimum atomic E-state index is 0.488. The van der Waals surface area contributed by atoms with Crippen LogP contribution in [0, 0.1) is 0 Å². The van der Waals surface area contributed by atoms with Gasteiger partial charge in [0.05, 0.1) is 17.6 Å². The molecule has 1 aromatic heterocycles. The number of aromatic nitrogens is 1. The molecule has 1 unspecified atom stereocenters. The molecule has 4 rings (SSSR count). The second-order valence-electron chi connectivity index (χ2n) is 7.55. The van der Waals surface area contributed by atoms with Crippen molar-refractivity contribution >= 4 is 11.4 Å². The number of nitrogens with zero attached hydrogens (tertiary/aromatic N) is 3. The molecule has 1 atom stereocenters. The number of anilines is 2. The van der Waals surface area contributed by atoms with E-state index < -0.39 is 0 Å². The van der Waals surface area contributed by atoms with Crippen molar-refractivity contribution in [3.63, 3.8) is 0 Å². The maximum absolute atomic E-state index is 6.20. The van der Waals surface area contributed by atoms with Crippen LogP contribution in [0.25, 0.3) is 0 Å². The summed E-state index contributed by atoms with van der Waals surface area (Å²) < 4.78 is 0. The highest BCUT2D eigenvalue weighted by atomic mass is 15.2. The molecule has 1 fully saturated rings. The Morgan fingerprint density at radius 2 is 1.57 bits per heavy atom. The maximum atomic E-state index is 6.20. The van der Waals surface area contributed by atoms with Crippen molar-refractivity contribution in [2.45, 2.75) is 32.0 Å². The lowest BCUT2D eigenvalue weighted by molar-refractivity contribution is 0.159. The van der Waals surface area contributed by atoms with Gasteiger partial charge in [-0.3, -0.25) is 9.88 Å². The molecular formula is C24H28N4. The van der Waals surface area contributed by atoms with Crippen molar-refractivity contribution < 1.29 is 0 Å². The van der Waals surface area contributed by atoms with Gasteiger partial charge in [0.2, 0.25) is 0 Å². The number of nitrogens with two attached hydrogens (primary N) is 1.